The molecule has 0 aromatic heterocycles. The van der Waals surface area contributed by atoms with E-state index < -0.39 is 0 Å². The van der Waals surface area contributed by atoms with E-state index in [4.69, 9.17) is 0 Å². The van der Waals surface area contributed by atoms with Crippen LogP contribution in [-0.4, -0.2) is 12.6 Å². The largest absolute Gasteiger partial charge is 0.314 e. The summed E-state index contributed by atoms with van der Waals surface area (Å²) in [5, 5.41) is 3.65. The zero-order valence-corrected chi connectivity index (χ0v) is 14.8. The fraction of sp³-hybridized carbons (Fsp3) is 0.900. The van der Waals surface area contributed by atoms with Gasteiger partial charge in [-0.1, -0.05) is 76.4 Å². The van der Waals surface area contributed by atoms with Crippen LogP contribution >= 0.6 is 0 Å². The Morgan fingerprint density at radius 3 is 2.24 bits per heavy atom. The van der Waals surface area contributed by atoms with E-state index in [2.05, 4.69) is 25.2 Å². The minimum Gasteiger partial charge on any atom is -0.314 e. The zero-order chi connectivity index (χ0) is 15.2. The number of rotatable bonds is 12. The Balaban J connectivity index is 1.88. The summed E-state index contributed by atoms with van der Waals surface area (Å²) in [5.41, 5.74) is 1.61. The van der Waals surface area contributed by atoms with Crippen molar-refractivity contribution in [3.63, 3.8) is 0 Å². The zero-order valence-electron chi connectivity index (χ0n) is 14.8. The van der Waals surface area contributed by atoms with Gasteiger partial charge in [-0.2, -0.15) is 0 Å². The van der Waals surface area contributed by atoms with Crippen molar-refractivity contribution in [3.8, 4) is 0 Å². The first-order valence-electron chi connectivity index (χ1n) is 9.72. The number of hydrogen-bond acceptors (Lipinski definition) is 1. The van der Waals surface area contributed by atoms with Crippen LogP contribution < -0.4 is 5.32 Å². The van der Waals surface area contributed by atoms with Gasteiger partial charge in [-0.15, -0.1) is 0 Å². The Labute approximate surface area is 134 Å². The van der Waals surface area contributed by atoms with Crippen molar-refractivity contribution in [3.05, 3.63) is 11.6 Å². The molecule has 0 amide bonds. The van der Waals surface area contributed by atoms with Gasteiger partial charge in [-0.25, -0.2) is 0 Å². The van der Waals surface area contributed by atoms with E-state index in [0.717, 1.165) is 6.04 Å². The quantitative estimate of drug-likeness (QED) is 0.325. The molecule has 0 aromatic rings. The molecule has 1 aliphatic heterocycles. The van der Waals surface area contributed by atoms with Gasteiger partial charge in [0.05, 0.1) is 0 Å². The third kappa shape index (κ3) is 11.0. The van der Waals surface area contributed by atoms with Gasteiger partial charge in [0, 0.05) is 6.04 Å². The standard InChI is InChI=1S/C20H39N/c1-3-4-5-6-7-8-9-10-11-12-15-19(2)18-20-16-13-14-17-21-20/h15,20-21H,3-14,16-18H2,1-2H3/b19-15-. The summed E-state index contributed by atoms with van der Waals surface area (Å²) in [7, 11) is 0. The van der Waals surface area contributed by atoms with E-state index in [-0.39, 0.29) is 0 Å². The molecule has 1 rings (SSSR count). The highest BCUT2D eigenvalue weighted by Crippen LogP contribution is 2.16. The van der Waals surface area contributed by atoms with Crippen molar-refractivity contribution in [1.29, 1.82) is 0 Å². The summed E-state index contributed by atoms with van der Waals surface area (Å²) in [6.07, 6.45) is 22.1. The van der Waals surface area contributed by atoms with E-state index in [1.54, 1.807) is 5.57 Å². The molecule has 1 fully saturated rings. The van der Waals surface area contributed by atoms with Crippen molar-refractivity contribution < 1.29 is 0 Å². The van der Waals surface area contributed by atoms with Crippen LogP contribution in [-0.2, 0) is 0 Å². The smallest absolute Gasteiger partial charge is 0.0104 e. The van der Waals surface area contributed by atoms with Crippen molar-refractivity contribution in [2.75, 3.05) is 6.54 Å². The molecule has 0 bridgehead atoms. The van der Waals surface area contributed by atoms with Gasteiger partial charge in [0.15, 0.2) is 0 Å². The van der Waals surface area contributed by atoms with Gasteiger partial charge in [-0.05, 0) is 45.6 Å². The summed E-state index contributed by atoms with van der Waals surface area (Å²) in [6.45, 7) is 5.85. The lowest BCUT2D eigenvalue weighted by molar-refractivity contribution is 0.398. The Kier molecular flexibility index (Phi) is 11.9. The molecule has 0 aromatic carbocycles. The van der Waals surface area contributed by atoms with Crippen molar-refractivity contribution in [1.82, 2.24) is 5.32 Å². The van der Waals surface area contributed by atoms with Crippen molar-refractivity contribution >= 4 is 0 Å². The monoisotopic (exact) mass is 293 g/mol. The van der Waals surface area contributed by atoms with Gasteiger partial charge in [0.1, 0.15) is 0 Å². The van der Waals surface area contributed by atoms with Crippen LogP contribution in [0.4, 0.5) is 0 Å². The average Bonchev–Trinajstić information content (AvgIpc) is 2.50. The van der Waals surface area contributed by atoms with Crippen LogP contribution in [0.1, 0.15) is 104 Å². The molecule has 0 radical (unpaired) electrons. The van der Waals surface area contributed by atoms with Gasteiger partial charge in [-0.3, -0.25) is 0 Å². The van der Waals surface area contributed by atoms with Crippen molar-refractivity contribution in [2.45, 2.75) is 110 Å². The molecule has 1 heteroatoms. The number of nitrogens with one attached hydrogen (secondary N) is 1. The number of unbranched alkanes of at least 4 members (excludes halogenated alkanes) is 9. The Morgan fingerprint density at radius 1 is 0.952 bits per heavy atom. The van der Waals surface area contributed by atoms with Crippen LogP contribution in [0, 0.1) is 0 Å². The maximum absolute atomic E-state index is 3.65. The molecule has 0 spiro atoms. The molecule has 0 saturated carbocycles. The lowest BCUT2D eigenvalue weighted by Crippen LogP contribution is -2.33. The lowest BCUT2D eigenvalue weighted by Gasteiger charge is -2.23. The molecule has 1 saturated heterocycles. The Morgan fingerprint density at radius 2 is 1.62 bits per heavy atom. The summed E-state index contributed by atoms with van der Waals surface area (Å²) in [6, 6.07) is 0.762. The molecule has 1 heterocycles. The number of allylic oxidation sites excluding steroid dienone is 1. The number of piperidine rings is 1. The first-order chi connectivity index (χ1) is 10.3. The maximum atomic E-state index is 3.65. The predicted molar refractivity (Wildman–Crippen MR) is 95.9 cm³/mol. The first kappa shape index (κ1) is 18.7. The highest BCUT2D eigenvalue weighted by molar-refractivity contribution is 5.01. The molecule has 1 atom stereocenters. The third-order valence-corrected chi connectivity index (χ3v) is 4.78. The maximum Gasteiger partial charge on any atom is 0.0104 e. The Hall–Kier alpha value is -0.300. The van der Waals surface area contributed by atoms with E-state index in [9.17, 15) is 0 Å². The molecular weight excluding hydrogens is 254 g/mol. The fourth-order valence-electron chi connectivity index (χ4n) is 3.37. The SMILES string of the molecule is CCCCCCCCCCC/C=C(/C)CC1CCCCN1. The number of hydrogen-bond donors (Lipinski definition) is 1. The molecule has 1 aliphatic rings. The predicted octanol–water partition coefficient (Wildman–Crippen LogP) is 6.39. The van der Waals surface area contributed by atoms with Crippen LogP contribution in [0.2, 0.25) is 0 Å². The molecule has 0 aliphatic carbocycles. The summed E-state index contributed by atoms with van der Waals surface area (Å²) in [4.78, 5) is 0. The first-order valence-corrected chi connectivity index (χ1v) is 9.72. The second-order valence-electron chi connectivity index (χ2n) is 7.02. The van der Waals surface area contributed by atoms with Crippen LogP contribution in [0.5, 0.6) is 0 Å². The van der Waals surface area contributed by atoms with E-state index >= 15 is 0 Å². The van der Waals surface area contributed by atoms with E-state index in [0.29, 0.717) is 0 Å². The highest BCUT2D eigenvalue weighted by Gasteiger charge is 2.12. The third-order valence-electron chi connectivity index (χ3n) is 4.78. The normalized spacial score (nSPS) is 19.9. The Bertz CT molecular complexity index is 251. The van der Waals surface area contributed by atoms with Gasteiger partial charge >= 0.3 is 0 Å². The molecular formula is C20H39N. The fourth-order valence-corrected chi connectivity index (χ4v) is 3.37. The minimum atomic E-state index is 0.762. The van der Waals surface area contributed by atoms with Gasteiger partial charge in [0.25, 0.3) is 0 Å². The van der Waals surface area contributed by atoms with Crippen LogP contribution in [0.15, 0.2) is 11.6 Å². The summed E-state index contributed by atoms with van der Waals surface area (Å²) >= 11 is 0. The van der Waals surface area contributed by atoms with Crippen molar-refractivity contribution in [2.24, 2.45) is 0 Å². The van der Waals surface area contributed by atoms with E-state index in [1.807, 2.05) is 0 Å². The highest BCUT2D eigenvalue weighted by atomic mass is 14.9. The second-order valence-corrected chi connectivity index (χ2v) is 7.02. The minimum absolute atomic E-state index is 0.762. The molecule has 124 valence electrons. The van der Waals surface area contributed by atoms with E-state index in [1.165, 1.54) is 96.4 Å². The van der Waals surface area contributed by atoms with Gasteiger partial charge < -0.3 is 5.32 Å². The van der Waals surface area contributed by atoms with Gasteiger partial charge in [0.2, 0.25) is 0 Å². The lowest BCUT2D eigenvalue weighted by atomic mass is 9.97. The molecule has 1 nitrogen and oxygen atoms in total. The summed E-state index contributed by atoms with van der Waals surface area (Å²) in [5.74, 6) is 0. The topological polar surface area (TPSA) is 12.0 Å². The molecule has 1 unspecified atom stereocenters. The van der Waals surface area contributed by atoms with Crippen LogP contribution in [0.25, 0.3) is 0 Å². The average molecular weight is 294 g/mol. The summed E-state index contributed by atoms with van der Waals surface area (Å²) < 4.78 is 0. The van der Waals surface area contributed by atoms with Crippen LogP contribution in [0.3, 0.4) is 0 Å². The molecule has 1 N–H and O–H groups in total. The molecule has 21 heavy (non-hydrogen) atoms. The second kappa shape index (κ2) is 13.4.